The maximum atomic E-state index is 13.4. The Labute approximate surface area is 120 Å². The lowest BCUT2D eigenvalue weighted by molar-refractivity contribution is 0.461. The number of rotatable bonds is 3. The zero-order valence-corrected chi connectivity index (χ0v) is 11.5. The maximum Gasteiger partial charge on any atom is 0.339 e. The first-order valence-electron chi connectivity index (χ1n) is 5.33. The van der Waals surface area contributed by atoms with Crippen LogP contribution in [0.1, 0.15) is 5.56 Å². The molecule has 0 fully saturated rings. The molecular formula is C13H7ClFNO3S. The van der Waals surface area contributed by atoms with E-state index in [1.165, 1.54) is 30.3 Å². The van der Waals surface area contributed by atoms with Crippen LogP contribution in [0.4, 0.5) is 4.39 Å². The number of hydrogen-bond acceptors (Lipinski definition) is 4. The molecule has 2 aromatic carbocycles. The monoisotopic (exact) mass is 311 g/mol. The lowest BCUT2D eigenvalue weighted by Gasteiger charge is -2.08. The Balaban J connectivity index is 2.39. The van der Waals surface area contributed by atoms with Gasteiger partial charge < -0.3 is 4.18 Å². The molecule has 7 heteroatoms. The van der Waals surface area contributed by atoms with Crippen molar-refractivity contribution in [2.45, 2.75) is 4.90 Å². The molecule has 4 nitrogen and oxygen atoms in total. The summed E-state index contributed by atoms with van der Waals surface area (Å²) in [6.07, 6.45) is 0. The van der Waals surface area contributed by atoms with Gasteiger partial charge in [-0.05, 0) is 30.3 Å². The van der Waals surface area contributed by atoms with Crippen molar-refractivity contribution in [2.24, 2.45) is 0 Å². The van der Waals surface area contributed by atoms with E-state index in [9.17, 15) is 12.8 Å². The summed E-state index contributed by atoms with van der Waals surface area (Å²) in [4.78, 5) is -0.259. The van der Waals surface area contributed by atoms with Gasteiger partial charge in [0.15, 0.2) is 11.6 Å². The topological polar surface area (TPSA) is 67.2 Å². The molecule has 0 unspecified atom stereocenters. The molecule has 2 aromatic rings. The van der Waals surface area contributed by atoms with E-state index < -0.39 is 21.7 Å². The first kappa shape index (κ1) is 14.3. The minimum atomic E-state index is -4.22. The van der Waals surface area contributed by atoms with Crippen molar-refractivity contribution in [1.82, 2.24) is 0 Å². The number of benzene rings is 2. The summed E-state index contributed by atoms with van der Waals surface area (Å²) in [5.74, 6) is -1.20. The third-order valence-corrected chi connectivity index (χ3v) is 3.93. The van der Waals surface area contributed by atoms with Crippen molar-refractivity contribution in [1.29, 1.82) is 5.26 Å². The van der Waals surface area contributed by atoms with Crippen LogP contribution >= 0.6 is 11.6 Å². The average Bonchev–Trinajstić information content (AvgIpc) is 2.41. The fourth-order valence-corrected chi connectivity index (χ4v) is 2.67. The second kappa shape index (κ2) is 5.49. The molecule has 0 aliphatic carbocycles. The largest absolute Gasteiger partial charge is 0.376 e. The summed E-state index contributed by atoms with van der Waals surface area (Å²) in [7, 11) is -4.22. The fourth-order valence-electron chi connectivity index (χ4n) is 1.42. The van der Waals surface area contributed by atoms with Crippen molar-refractivity contribution in [2.75, 3.05) is 0 Å². The normalized spacial score (nSPS) is 10.8. The van der Waals surface area contributed by atoms with Gasteiger partial charge in [0, 0.05) is 0 Å². The first-order chi connectivity index (χ1) is 9.44. The Morgan fingerprint density at radius 2 is 1.90 bits per heavy atom. The number of hydrogen-bond donors (Lipinski definition) is 0. The van der Waals surface area contributed by atoms with Gasteiger partial charge in [-0.25, -0.2) is 4.39 Å². The SMILES string of the molecule is N#Cc1ccc(S(=O)(=O)Oc2ccccc2F)cc1Cl. The molecule has 0 bridgehead atoms. The predicted molar refractivity (Wildman–Crippen MR) is 70.4 cm³/mol. The minimum Gasteiger partial charge on any atom is -0.376 e. The molecule has 0 amide bonds. The highest BCUT2D eigenvalue weighted by atomic mass is 35.5. The fraction of sp³-hybridized carbons (Fsp3) is 0. The van der Waals surface area contributed by atoms with Gasteiger partial charge >= 0.3 is 10.1 Å². The molecule has 0 aliphatic rings. The Morgan fingerprint density at radius 3 is 2.50 bits per heavy atom. The molecular weight excluding hydrogens is 305 g/mol. The van der Waals surface area contributed by atoms with Crippen molar-refractivity contribution in [3.05, 3.63) is 58.9 Å². The summed E-state index contributed by atoms with van der Waals surface area (Å²) in [5.41, 5.74) is 0.136. The molecule has 0 saturated carbocycles. The number of nitriles is 1. The number of halogens is 2. The van der Waals surface area contributed by atoms with E-state index in [1.807, 2.05) is 0 Å². The zero-order valence-electron chi connectivity index (χ0n) is 9.88. The van der Waals surface area contributed by atoms with Crippen molar-refractivity contribution < 1.29 is 17.0 Å². The van der Waals surface area contributed by atoms with E-state index in [4.69, 9.17) is 21.0 Å². The summed E-state index contributed by atoms with van der Waals surface area (Å²) in [6.45, 7) is 0. The molecule has 0 spiro atoms. The summed E-state index contributed by atoms with van der Waals surface area (Å²) < 4.78 is 42.0. The van der Waals surface area contributed by atoms with Gasteiger partial charge in [0.1, 0.15) is 11.0 Å². The molecule has 0 aliphatic heterocycles. The minimum absolute atomic E-state index is 0.0225. The lowest BCUT2D eigenvalue weighted by Crippen LogP contribution is -2.10. The average molecular weight is 312 g/mol. The first-order valence-corrected chi connectivity index (χ1v) is 7.11. The molecule has 0 radical (unpaired) electrons. The van der Waals surface area contributed by atoms with Gasteiger partial charge in [0.25, 0.3) is 0 Å². The molecule has 0 aromatic heterocycles. The predicted octanol–water partition coefficient (Wildman–Crippen LogP) is 3.12. The maximum absolute atomic E-state index is 13.4. The van der Waals surface area contributed by atoms with Crippen LogP contribution in [0.25, 0.3) is 0 Å². The van der Waals surface area contributed by atoms with E-state index in [0.717, 1.165) is 12.1 Å². The van der Waals surface area contributed by atoms with Crippen molar-refractivity contribution in [3.63, 3.8) is 0 Å². The van der Waals surface area contributed by atoms with Crippen LogP contribution in [-0.2, 0) is 10.1 Å². The smallest absolute Gasteiger partial charge is 0.339 e. The Kier molecular flexibility index (Phi) is 3.93. The van der Waals surface area contributed by atoms with E-state index in [0.29, 0.717) is 0 Å². The molecule has 0 saturated heterocycles. The van der Waals surface area contributed by atoms with E-state index >= 15 is 0 Å². The van der Waals surface area contributed by atoms with Gasteiger partial charge in [-0.1, -0.05) is 23.7 Å². The Bertz CT molecular complexity index is 800. The molecule has 0 atom stereocenters. The van der Waals surface area contributed by atoms with Gasteiger partial charge in [-0.15, -0.1) is 0 Å². The quantitative estimate of drug-likeness (QED) is 0.817. The van der Waals surface area contributed by atoms with Gasteiger partial charge in [-0.2, -0.15) is 13.7 Å². The highest BCUT2D eigenvalue weighted by molar-refractivity contribution is 7.87. The highest BCUT2D eigenvalue weighted by Gasteiger charge is 2.19. The van der Waals surface area contributed by atoms with Crippen molar-refractivity contribution >= 4 is 21.7 Å². The molecule has 0 N–H and O–H groups in total. The van der Waals surface area contributed by atoms with Crippen LogP contribution in [0.2, 0.25) is 5.02 Å². The summed E-state index contributed by atoms with van der Waals surface area (Å²) >= 11 is 5.75. The van der Waals surface area contributed by atoms with E-state index in [1.54, 1.807) is 6.07 Å². The second-order valence-corrected chi connectivity index (χ2v) is 5.67. The molecule has 2 rings (SSSR count). The summed E-state index contributed by atoms with van der Waals surface area (Å²) in [5, 5.41) is 8.70. The summed E-state index contributed by atoms with van der Waals surface area (Å²) in [6, 6.07) is 10.4. The molecule has 0 heterocycles. The van der Waals surface area contributed by atoms with E-state index in [-0.39, 0.29) is 15.5 Å². The van der Waals surface area contributed by atoms with Crippen molar-refractivity contribution in [3.8, 4) is 11.8 Å². The Hall–Kier alpha value is -2.10. The van der Waals surface area contributed by atoms with E-state index in [2.05, 4.69) is 0 Å². The van der Waals surface area contributed by atoms with Gasteiger partial charge in [-0.3, -0.25) is 0 Å². The lowest BCUT2D eigenvalue weighted by atomic mass is 10.2. The third-order valence-electron chi connectivity index (χ3n) is 2.39. The van der Waals surface area contributed by atoms with Crippen LogP contribution in [0.15, 0.2) is 47.4 Å². The van der Waals surface area contributed by atoms with Gasteiger partial charge in [0.05, 0.1) is 10.6 Å². The number of para-hydroxylation sites is 1. The zero-order chi connectivity index (χ0) is 14.8. The molecule has 102 valence electrons. The van der Waals surface area contributed by atoms with Crippen LogP contribution in [0.3, 0.4) is 0 Å². The number of nitrogens with zero attached hydrogens (tertiary/aromatic N) is 1. The van der Waals surface area contributed by atoms with Crippen LogP contribution in [0.5, 0.6) is 5.75 Å². The third kappa shape index (κ3) is 2.90. The molecule has 20 heavy (non-hydrogen) atoms. The Morgan fingerprint density at radius 1 is 1.20 bits per heavy atom. The van der Waals surface area contributed by atoms with Gasteiger partial charge in [0.2, 0.25) is 0 Å². The standard InChI is InChI=1S/C13H7ClFNO3S/c14-11-7-10(6-5-9(11)8-16)20(17,18)19-13-4-2-1-3-12(13)15/h1-7H. The highest BCUT2D eigenvalue weighted by Crippen LogP contribution is 2.24. The second-order valence-electron chi connectivity index (χ2n) is 3.72. The van der Waals surface area contributed by atoms with Crippen LogP contribution in [0, 0.1) is 17.1 Å². The van der Waals surface area contributed by atoms with Crippen LogP contribution in [-0.4, -0.2) is 8.42 Å². The van der Waals surface area contributed by atoms with Crippen LogP contribution < -0.4 is 4.18 Å².